The molecule has 1 N–H and O–H groups in total. The number of aromatic nitrogens is 2. The summed E-state index contributed by atoms with van der Waals surface area (Å²) in [7, 11) is 0. The number of hydrogen-bond donors (Lipinski definition) is 1. The maximum absolute atomic E-state index is 11.8. The SMILES string of the molecule is C=CCn1ncc(NCC(C)(C)C)c(Cl)c1=O. The number of rotatable bonds is 4. The van der Waals surface area contributed by atoms with Crippen LogP contribution in [0.4, 0.5) is 5.69 Å². The first-order chi connectivity index (χ1) is 7.85. The summed E-state index contributed by atoms with van der Waals surface area (Å²) in [5.41, 5.74) is 0.386. The van der Waals surface area contributed by atoms with Gasteiger partial charge in [0, 0.05) is 6.54 Å². The zero-order valence-corrected chi connectivity index (χ0v) is 11.2. The van der Waals surface area contributed by atoms with Crippen LogP contribution in [0.3, 0.4) is 0 Å². The minimum atomic E-state index is -0.300. The van der Waals surface area contributed by atoms with Crippen molar-refractivity contribution in [1.29, 1.82) is 0 Å². The van der Waals surface area contributed by atoms with Crippen LogP contribution in [0.1, 0.15) is 20.8 Å². The van der Waals surface area contributed by atoms with E-state index in [1.807, 2.05) is 0 Å². The van der Waals surface area contributed by atoms with Gasteiger partial charge in [0.25, 0.3) is 5.56 Å². The van der Waals surface area contributed by atoms with Gasteiger partial charge in [-0.3, -0.25) is 4.79 Å². The monoisotopic (exact) mass is 255 g/mol. The Bertz CT molecular complexity index is 460. The fourth-order valence-electron chi connectivity index (χ4n) is 1.20. The van der Waals surface area contributed by atoms with Crippen LogP contribution in [0.5, 0.6) is 0 Å². The van der Waals surface area contributed by atoms with Crippen molar-refractivity contribution in [1.82, 2.24) is 9.78 Å². The van der Waals surface area contributed by atoms with Gasteiger partial charge in [-0.2, -0.15) is 5.10 Å². The molecule has 0 bridgehead atoms. The number of nitrogens with zero attached hydrogens (tertiary/aromatic N) is 2. The van der Waals surface area contributed by atoms with Gasteiger partial charge in [-0.15, -0.1) is 6.58 Å². The highest BCUT2D eigenvalue weighted by atomic mass is 35.5. The molecule has 0 fully saturated rings. The van der Waals surface area contributed by atoms with E-state index in [9.17, 15) is 4.79 Å². The molecule has 4 nitrogen and oxygen atoms in total. The van der Waals surface area contributed by atoms with Crippen molar-refractivity contribution in [2.45, 2.75) is 27.3 Å². The van der Waals surface area contributed by atoms with Crippen LogP contribution < -0.4 is 10.9 Å². The second-order valence-electron chi connectivity index (χ2n) is 5.06. The van der Waals surface area contributed by atoms with Gasteiger partial charge in [0.2, 0.25) is 0 Å². The Morgan fingerprint density at radius 2 is 2.24 bits per heavy atom. The molecular formula is C12H18ClN3O. The molecule has 0 spiro atoms. The van der Waals surface area contributed by atoms with Gasteiger partial charge < -0.3 is 5.32 Å². The van der Waals surface area contributed by atoms with E-state index >= 15 is 0 Å². The maximum Gasteiger partial charge on any atom is 0.287 e. The Morgan fingerprint density at radius 1 is 1.59 bits per heavy atom. The molecule has 1 heterocycles. The van der Waals surface area contributed by atoms with Crippen LogP contribution >= 0.6 is 11.6 Å². The van der Waals surface area contributed by atoms with Gasteiger partial charge in [0.1, 0.15) is 5.02 Å². The van der Waals surface area contributed by atoms with Crippen molar-refractivity contribution in [3.05, 3.63) is 34.2 Å². The van der Waals surface area contributed by atoms with Crippen molar-refractivity contribution >= 4 is 17.3 Å². The largest absolute Gasteiger partial charge is 0.382 e. The van der Waals surface area contributed by atoms with Crippen molar-refractivity contribution in [2.24, 2.45) is 5.41 Å². The number of hydrogen-bond acceptors (Lipinski definition) is 3. The third-order valence-corrected chi connectivity index (χ3v) is 2.46. The minimum Gasteiger partial charge on any atom is -0.382 e. The lowest BCUT2D eigenvalue weighted by molar-refractivity contribution is 0.443. The summed E-state index contributed by atoms with van der Waals surface area (Å²) >= 11 is 5.99. The molecule has 1 aromatic heterocycles. The molecule has 1 rings (SSSR count). The lowest BCUT2D eigenvalue weighted by atomic mass is 9.97. The molecule has 0 aliphatic rings. The average Bonchev–Trinajstić information content (AvgIpc) is 2.23. The highest BCUT2D eigenvalue weighted by Gasteiger charge is 2.13. The molecule has 0 atom stereocenters. The van der Waals surface area contributed by atoms with Crippen LogP contribution in [0, 0.1) is 5.41 Å². The van der Waals surface area contributed by atoms with Crippen molar-refractivity contribution in [3.63, 3.8) is 0 Å². The standard InChI is InChI=1S/C12H18ClN3O/c1-5-6-16-11(17)10(13)9(7-15-16)14-8-12(2,3)4/h5,7,14H,1,6,8H2,2-4H3. The summed E-state index contributed by atoms with van der Waals surface area (Å²) in [5.74, 6) is 0. The summed E-state index contributed by atoms with van der Waals surface area (Å²) in [6, 6.07) is 0. The summed E-state index contributed by atoms with van der Waals surface area (Å²) in [6.07, 6.45) is 3.17. The predicted molar refractivity (Wildman–Crippen MR) is 71.6 cm³/mol. The van der Waals surface area contributed by atoms with Gasteiger partial charge in [-0.05, 0) is 5.41 Å². The van der Waals surface area contributed by atoms with E-state index in [4.69, 9.17) is 11.6 Å². The van der Waals surface area contributed by atoms with Crippen LogP contribution in [0.15, 0.2) is 23.6 Å². The quantitative estimate of drug-likeness (QED) is 0.841. The zero-order valence-electron chi connectivity index (χ0n) is 10.5. The normalized spacial score (nSPS) is 11.3. The Kier molecular flexibility index (Phi) is 4.34. The first-order valence-electron chi connectivity index (χ1n) is 5.45. The fourth-order valence-corrected chi connectivity index (χ4v) is 1.41. The minimum absolute atomic E-state index is 0.110. The molecule has 0 unspecified atom stereocenters. The number of anilines is 1. The molecule has 94 valence electrons. The maximum atomic E-state index is 11.8. The third-order valence-electron chi connectivity index (χ3n) is 2.10. The van der Waals surface area contributed by atoms with Gasteiger partial charge in [0.05, 0.1) is 18.4 Å². The smallest absolute Gasteiger partial charge is 0.287 e. The van der Waals surface area contributed by atoms with Crippen LogP contribution in [0.25, 0.3) is 0 Å². The molecule has 0 aromatic carbocycles. The van der Waals surface area contributed by atoms with E-state index in [1.165, 1.54) is 4.68 Å². The van der Waals surface area contributed by atoms with E-state index < -0.39 is 0 Å². The number of allylic oxidation sites excluding steroid dienone is 1. The van der Waals surface area contributed by atoms with E-state index in [2.05, 4.69) is 37.8 Å². The predicted octanol–water partition coefficient (Wildman–Crippen LogP) is 2.54. The first kappa shape index (κ1) is 13.8. The Hall–Kier alpha value is -1.29. The molecule has 5 heteroatoms. The summed E-state index contributed by atoms with van der Waals surface area (Å²) in [4.78, 5) is 11.8. The summed E-state index contributed by atoms with van der Waals surface area (Å²) in [6.45, 7) is 10.9. The highest BCUT2D eigenvalue weighted by molar-refractivity contribution is 6.32. The second kappa shape index (κ2) is 5.36. The molecule has 0 amide bonds. The summed E-state index contributed by atoms with van der Waals surface area (Å²) in [5, 5.41) is 7.32. The van der Waals surface area contributed by atoms with E-state index in [0.29, 0.717) is 12.2 Å². The molecule has 0 aliphatic carbocycles. The molecule has 17 heavy (non-hydrogen) atoms. The van der Waals surface area contributed by atoms with Crippen molar-refractivity contribution in [2.75, 3.05) is 11.9 Å². The van der Waals surface area contributed by atoms with E-state index in [-0.39, 0.29) is 16.0 Å². The Morgan fingerprint density at radius 3 is 2.76 bits per heavy atom. The third kappa shape index (κ3) is 3.89. The van der Waals surface area contributed by atoms with Gasteiger partial charge in [0.15, 0.2) is 0 Å². The van der Waals surface area contributed by atoms with Crippen LogP contribution in [-0.4, -0.2) is 16.3 Å². The molecule has 0 aliphatic heterocycles. The topological polar surface area (TPSA) is 46.9 Å². The fraction of sp³-hybridized carbons (Fsp3) is 0.500. The van der Waals surface area contributed by atoms with Gasteiger partial charge in [-0.25, -0.2) is 4.68 Å². The van der Waals surface area contributed by atoms with Crippen molar-refractivity contribution < 1.29 is 0 Å². The Labute approximate surface area is 106 Å². The highest BCUT2D eigenvalue weighted by Crippen LogP contribution is 2.19. The van der Waals surface area contributed by atoms with Gasteiger partial charge >= 0.3 is 0 Å². The Balaban J connectivity index is 2.93. The van der Waals surface area contributed by atoms with Crippen molar-refractivity contribution in [3.8, 4) is 0 Å². The average molecular weight is 256 g/mol. The first-order valence-corrected chi connectivity index (χ1v) is 5.83. The number of halogens is 1. The van der Waals surface area contributed by atoms with E-state index in [0.717, 1.165) is 6.54 Å². The summed E-state index contributed by atoms with van der Waals surface area (Å²) < 4.78 is 1.28. The molecular weight excluding hydrogens is 238 g/mol. The zero-order chi connectivity index (χ0) is 13.1. The second-order valence-corrected chi connectivity index (χ2v) is 5.44. The molecule has 0 saturated heterocycles. The lowest BCUT2D eigenvalue weighted by Crippen LogP contribution is -2.25. The molecule has 1 aromatic rings. The van der Waals surface area contributed by atoms with Gasteiger partial charge in [-0.1, -0.05) is 38.4 Å². The van der Waals surface area contributed by atoms with E-state index in [1.54, 1.807) is 12.3 Å². The molecule has 0 saturated carbocycles. The van der Waals surface area contributed by atoms with Crippen LogP contribution in [0.2, 0.25) is 5.02 Å². The van der Waals surface area contributed by atoms with Crippen LogP contribution in [-0.2, 0) is 6.54 Å². The molecule has 0 radical (unpaired) electrons. The number of nitrogens with one attached hydrogen (secondary N) is 1. The lowest BCUT2D eigenvalue weighted by Gasteiger charge is -2.20.